The lowest BCUT2D eigenvalue weighted by Crippen LogP contribution is -2.11. The molecule has 156 valence electrons. The predicted molar refractivity (Wildman–Crippen MR) is 131 cm³/mol. The molecular formula is C29H29OS+. The summed E-state index contributed by atoms with van der Waals surface area (Å²) in [5.41, 5.74) is 2.74. The van der Waals surface area contributed by atoms with Crippen molar-refractivity contribution in [3.63, 3.8) is 0 Å². The zero-order valence-electron chi connectivity index (χ0n) is 18.6. The Bertz CT molecular complexity index is 1110. The van der Waals surface area contributed by atoms with Gasteiger partial charge in [0.1, 0.15) is 11.5 Å². The lowest BCUT2D eigenvalue weighted by atomic mass is 9.87. The van der Waals surface area contributed by atoms with Crippen molar-refractivity contribution in [3.8, 4) is 11.5 Å². The Balaban J connectivity index is 1.65. The smallest absolute Gasteiger partial charge is 0.166 e. The van der Waals surface area contributed by atoms with Gasteiger partial charge in [0.15, 0.2) is 14.7 Å². The van der Waals surface area contributed by atoms with Gasteiger partial charge >= 0.3 is 0 Å². The highest BCUT2D eigenvalue weighted by Crippen LogP contribution is 2.34. The van der Waals surface area contributed by atoms with Crippen molar-refractivity contribution in [3.05, 3.63) is 114 Å². The van der Waals surface area contributed by atoms with Crippen LogP contribution in [0.3, 0.4) is 0 Å². The number of hydrogen-bond donors (Lipinski definition) is 0. The van der Waals surface area contributed by atoms with Crippen molar-refractivity contribution >= 4 is 10.9 Å². The molecule has 4 aromatic rings. The molecule has 0 aliphatic carbocycles. The summed E-state index contributed by atoms with van der Waals surface area (Å²) in [6.07, 6.45) is 0. The molecule has 1 atom stereocenters. The van der Waals surface area contributed by atoms with Crippen LogP contribution in [0, 0.1) is 6.92 Å². The first-order valence-corrected chi connectivity index (χ1v) is 11.9. The molecule has 2 heteroatoms. The number of ether oxygens (including phenoxy) is 1. The van der Waals surface area contributed by atoms with E-state index in [4.69, 9.17) is 4.74 Å². The minimum atomic E-state index is -0.163. The quantitative estimate of drug-likeness (QED) is 0.293. The van der Waals surface area contributed by atoms with Gasteiger partial charge in [-0.15, -0.1) is 0 Å². The van der Waals surface area contributed by atoms with Gasteiger partial charge in [-0.1, -0.05) is 68.8 Å². The molecule has 1 nitrogen and oxygen atoms in total. The van der Waals surface area contributed by atoms with Crippen molar-refractivity contribution in [1.82, 2.24) is 0 Å². The molecule has 0 spiro atoms. The van der Waals surface area contributed by atoms with Gasteiger partial charge in [-0.2, -0.15) is 0 Å². The SMILES string of the molecule is Cc1ccc(Oc2ccc([S+](c3ccccc3)c3ccc(C(C)(C)C)cc3)cc2)cc1. The van der Waals surface area contributed by atoms with Crippen LogP contribution in [0.1, 0.15) is 31.9 Å². The van der Waals surface area contributed by atoms with Crippen LogP contribution in [0.5, 0.6) is 11.5 Å². The Morgan fingerprint density at radius 1 is 0.548 bits per heavy atom. The van der Waals surface area contributed by atoms with Gasteiger partial charge < -0.3 is 4.74 Å². The van der Waals surface area contributed by atoms with Crippen LogP contribution >= 0.6 is 0 Å². The number of rotatable bonds is 5. The van der Waals surface area contributed by atoms with Crippen LogP contribution in [-0.4, -0.2) is 0 Å². The molecule has 0 saturated heterocycles. The van der Waals surface area contributed by atoms with Crippen LogP contribution in [0.15, 0.2) is 118 Å². The molecule has 4 rings (SSSR count). The van der Waals surface area contributed by atoms with Crippen LogP contribution < -0.4 is 4.74 Å². The Kier molecular flexibility index (Phi) is 6.20. The fourth-order valence-electron chi connectivity index (χ4n) is 3.44. The first-order chi connectivity index (χ1) is 14.9. The van der Waals surface area contributed by atoms with Crippen molar-refractivity contribution in [1.29, 1.82) is 0 Å². The second-order valence-electron chi connectivity index (χ2n) is 8.78. The largest absolute Gasteiger partial charge is 0.457 e. The number of hydrogen-bond acceptors (Lipinski definition) is 1. The summed E-state index contributed by atoms with van der Waals surface area (Å²) in [4.78, 5) is 3.93. The van der Waals surface area contributed by atoms with E-state index in [1.165, 1.54) is 25.8 Å². The average Bonchev–Trinajstić information content (AvgIpc) is 2.77. The molecule has 0 saturated carbocycles. The van der Waals surface area contributed by atoms with E-state index in [0.29, 0.717) is 0 Å². The first-order valence-electron chi connectivity index (χ1n) is 10.6. The van der Waals surface area contributed by atoms with Gasteiger partial charge in [-0.3, -0.25) is 0 Å². The molecule has 0 aliphatic rings. The molecular weight excluding hydrogens is 396 g/mol. The summed E-state index contributed by atoms with van der Waals surface area (Å²) in [5, 5.41) is 0. The topological polar surface area (TPSA) is 9.23 Å². The average molecular weight is 426 g/mol. The van der Waals surface area contributed by atoms with Crippen LogP contribution in [0.2, 0.25) is 0 Å². The van der Waals surface area contributed by atoms with Crippen LogP contribution in [0.4, 0.5) is 0 Å². The van der Waals surface area contributed by atoms with E-state index >= 15 is 0 Å². The molecule has 0 fully saturated rings. The van der Waals surface area contributed by atoms with Gasteiger partial charge in [0.05, 0.1) is 10.9 Å². The molecule has 0 aromatic heterocycles. The van der Waals surface area contributed by atoms with Crippen molar-refractivity contribution in [2.24, 2.45) is 0 Å². The highest BCUT2D eigenvalue weighted by Gasteiger charge is 2.29. The van der Waals surface area contributed by atoms with Crippen molar-refractivity contribution in [2.45, 2.75) is 47.8 Å². The fourth-order valence-corrected chi connectivity index (χ4v) is 5.50. The Morgan fingerprint density at radius 3 is 1.52 bits per heavy atom. The maximum atomic E-state index is 6.04. The van der Waals surface area contributed by atoms with E-state index in [1.54, 1.807) is 0 Å². The lowest BCUT2D eigenvalue weighted by molar-refractivity contribution is 0.482. The summed E-state index contributed by atoms with van der Waals surface area (Å²) < 4.78 is 6.04. The summed E-state index contributed by atoms with van der Waals surface area (Å²) in [7, 11) is -0.163. The zero-order valence-corrected chi connectivity index (χ0v) is 19.4. The van der Waals surface area contributed by atoms with E-state index in [0.717, 1.165) is 11.5 Å². The van der Waals surface area contributed by atoms with E-state index in [2.05, 4.69) is 119 Å². The molecule has 0 amide bonds. The van der Waals surface area contributed by atoms with E-state index in [1.807, 2.05) is 12.1 Å². The van der Waals surface area contributed by atoms with Gasteiger partial charge in [0.25, 0.3) is 0 Å². The zero-order chi connectivity index (χ0) is 21.8. The Labute approximate surface area is 189 Å². The molecule has 4 aromatic carbocycles. The third kappa shape index (κ3) is 5.21. The minimum absolute atomic E-state index is 0.152. The summed E-state index contributed by atoms with van der Waals surface area (Å²) in [6, 6.07) is 36.5. The lowest BCUT2D eigenvalue weighted by Gasteiger charge is -2.19. The monoisotopic (exact) mass is 425 g/mol. The van der Waals surface area contributed by atoms with Gasteiger partial charge in [-0.25, -0.2) is 0 Å². The first kappa shape index (κ1) is 21.3. The molecule has 31 heavy (non-hydrogen) atoms. The third-order valence-electron chi connectivity index (χ3n) is 5.25. The standard InChI is InChI=1S/C29H29OS/c1-22-10-14-24(15-11-22)30-25-16-20-28(21-17-25)31(26-8-6-5-7-9-26)27-18-12-23(13-19-27)29(2,3)4/h5-21H,1-4H3/q+1. The normalized spacial score (nSPS) is 12.4. The van der Waals surface area contributed by atoms with E-state index in [-0.39, 0.29) is 16.3 Å². The van der Waals surface area contributed by atoms with Crippen molar-refractivity contribution < 1.29 is 4.74 Å². The van der Waals surface area contributed by atoms with Gasteiger partial charge in [0.2, 0.25) is 0 Å². The van der Waals surface area contributed by atoms with E-state index in [9.17, 15) is 0 Å². The molecule has 0 N–H and O–H groups in total. The fraction of sp³-hybridized carbons (Fsp3) is 0.172. The van der Waals surface area contributed by atoms with Gasteiger partial charge in [0, 0.05) is 0 Å². The Morgan fingerprint density at radius 2 is 1.00 bits per heavy atom. The second-order valence-corrected chi connectivity index (χ2v) is 10.8. The van der Waals surface area contributed by atoms with Crippen LogP contribution in [-0.2, 0) is 16.3 Å². The molecule has 0 radical (unpaired) electrons. The van der Waals surface area contributed by atoms with Gasteiger partial charge in [-0.05, 0) is 78.6 Å². The third-order valence-corrected chi connectivity index (χ3v) is 7.48. The van der Waals surface area contributed by atoms with E-state index < -0.39 is 0 Å². The summed E-state index contributed by atoms with van der Waals surface area (Å²) >= 11 is 0. The molecule has 0 heterocycles. The number of benzene rings is 4. The maximum Gasteiger partial charge on any atom is 0.166 e. The summed E-state index contributed by atoms with van der Waals surface area (Å²) in [5.74, 6) is 1.71. The highest BCUT2D eigenvalue weighted by atomic mass is 32.2. The Hall–Kier alpha value is -2.97. The second kappa shape index (κ2) is 9.03. The highest BCUT2D eigenvalue weighted by molar-refractivity contribution is 7.97. The molecule has 0 bridgehead atoms. The van der Waals surface area contributed by atoms with Crippen molar-refractivity contribution in [2.75, 3.05) is 0 Å². The maximum absolute atomic E-state index is 6.04. The molecule has 1 unspecified atom stereocenters. The van der Waals surface area contributed by atoms with Crippen LogP contribution in [0.25, 0.3) is 0 Å². The molecule has 0 aliphatic heterocycles. The number of aryl methyl sites for hydroxylation is 1. The summed E-state index contributed by atoms with van der Waals surface area (Å²) in [6.45, 7) is 8.85. The minimum Gasteiger partial charge on any atom is -0.457 e. The predicted octanol–water partition coefficient (Wildman–Crippen LogP) is 8.18.